The molecule has 0 bridgehead atoms. The summed E-state index contributed by atoms with van der Waals surface area (Å²) in [5, 5.41) is 8.06. The van der Waals surface area contributed by atoms with Gasteiger partial charge in [-0.2, -0.15) is 9.40 Å². The molecular formula is C20H25N5O3S. The van der Waals surface area contributed by atoms with Gasteiger partial charge in [0.2, 0.25) is 10.0 Å². The Morgan fingerprint density at radius 3 is 2.62 bits per heavy atom. The first-order chi connectivity index (χ1) is 13.8. The van der Waals surface area contributed by atoms with E-state index in [2.05, 4.69) is 16.3 Å². The van der Waals surface area contributed by atoms with E-state index >= 15 is 0 Å². The van der Waals surface area contributed by atoms with Crippen LogP contribution in [-0.4, -0.2) is 45.7 Å². The number of pyridine rings is 1. The van der Waals surface area contributed by atoms with E-state index in [9.17, 15) is 8.42 Å². The van der Waals surface area contributed by atoms with Crippen molar-refractivity contribution in [1.29, 1.82) is 0 Å². The minimum absolute atomic E-state index is 0.0364. The second-order valence-electron chi connectivity index (χ2n) is 7.68. The second-order valence-corrected chi connectivity index (χ2v) is 9.56. The van der Waals surface area contributed by atoms with E-state index in [1.807, 2.05) is 32.4 Å². The molecule has 0 aliphatic carbocycles. The van der Waals surface area contributed by atoms with Crippen LogP contribution in [0.15, 0.2) is 33.9 Å². The van der Waals surface area contributed by atoms with Gasteiger partial charge >= 0.3 is 0 Å². The van der Waals surface area contributed by atoms with E-state index in [1.165, 1.54) is 0 Å². The van der Waals surface area contributed by atoms with Crippen LogP contribution in [0.4, 0.5) is 0 Å². The van der Waals surface area contributed by atoms with Crippen LogP contribution < -0.4 is 0 Å². The van der Waals surface area contributed by atoms with Gasteiger partial charge < -0.3 is 4.52 Å². The molecule has 1 saturated heterocycles. The van der Waals surface area contributed by atoms with Gasteiger partial charge in [-0.3, -0.25) is 9.67 Å². The van der Waals surface area contributed by atoms with Crippen molar-refractivity contribution in [2.75, 3.05) is 13.1 Å². The molecular weight excluding hydrogens is 390 g/mol. The van der Waals surface area contributed by atoms with Gasteiger partial charge in [0, 0.05) is 49.2 Å². The summed E-state index contributed by atoms with van der Waals surface area (Å²) in [6, 6.07) is 4.09. The lowest BCUT2D eigenvalue weighted by Gasteiger charge is -2.31. The van der Waals surface area contributed by atoms with Gasteiger partial charge in [0.15, 0.2) is 5.76 Å². The zero-order chi connectivity index (χ0) is 20.8. The van der Waals surface area contributed by atoms with E-state index < -0.39 is 10.0 Å². The molecule has 1 aliphatic heterocycles. The molecule has 4 heterocycles. The van der Waals surface area contributed by atoms with Crippen molar-refractivity contribution in [1.82, 2.24) is 24.2 Å². The van der Waals surface area contributed by atoms with Crippen molar-refractivity contribution in [3.05, 3.63) is 47.4 Å². The van der Waals surface area contributed by atoms with Gasteiger partial charge in [0.1, 0.15) is 10.6 Å². The molecule has 154 valence electrons. The highest BCUT2D eigenvalue weighted by atomic mass is 32.2. The number of aryl methyl sites for hydroxylation is 4. The lowest BCUT2D eigenvalue weighted by Crippen LogP contribution is -2.39. The molecule has 0 N–H and O–H groups in total. The van der Waals surface area contributed by atoms with Crippen LogP contribution in [-0.2, 0) is 17.1 Å². The minimum atomic E-state index is -3.65. The average Bonchev–Trinajstić information content (AvgIpc) is 3.27. The maximum atomic E-state index is 13.2. The Labute approximate surface area is 170 Å². The molecule has 1 fully saturated rings. The Morgan fingerprint density at radius 1 is 1.17 bits per heavy atom. The minimum Gasteiger partial charge on any atom is -0.360 e. The Bertz CT molecular complexity index is 1130. The van der Waals surface area contributed by atoms with Crippen LogP contribution in [0.1, 0.15) is 41.6 Å². The molecule has 0 aromatic carbocycles. The van der Waals surface area contributed by atoms with E-state index in [1.54, 1.807) is 22.8 Å². The molecule has 9 heteroatoms. The molecule has 0 amide bonds. The molecule has 0 spiro atoms. The predicted octanol–water partition coefficient (Wildman–Crippen LogP) is 2.96. The topological polar surface area (TPSA) is 94.1 Å². The van der Waals surface area contributed by atoms with Gasteiger partial charge in [-0.05, 0) is 51.3 Å². The van der Waals surface area contributed by atoms with Crippen LogP contribution in [0.5, 0.6) is 0 Å². The monoisotopic (exact) mass is 415 g/mol. The average molecular weight is 416 g/mol. The summed E-state index contributed by atoms with van der Waals surface area (Å²) in [5.41, 5.74) is 4.30. The number of nitrogens with zero attached hydrogens (tertiary/aromatic N) is 5. The predicted molar refractivity (Wildman–Crippen MR) is 108 cm³/mol. The van der Waals surface area contributed by atoms with Gasteiger partial charge in [-0.1, -0.05) is 5.16 Å². The lowest BCUT2D eigenvalue weighted by molar-refractivity contribution is 0.312. The highest BCUT2D eigenvalue weighted by Crippen LogP contribution is 2.33. The third-order valence-electron chi connectivity index (χ3n) is 5.38. The number of sulfonamides is 1. The fraction of sp³-hybridized carbons (Fsp3) is 0.450. The lowest BCUT2D eigenvalue weighted by atomic mass is 9.93. The van der Waals surface area contributed by atoms with E-state index in [0.717, 1.165) is 35.4 Å². The number of rotatable bonds is 4. The first-order valence-corrected chi connectivity index (χ1v) is 11.1. The highest BCUT2D eigenvalue weighted by Gasteiger charge is 2.35. The normalized spacial score (nSPS) is 18.3. The molecule has 3 aromatic rings. The van der Waals surface area contributed by atoms with Crippen LogP contribution in [0.3, 0.4) is 0 Å². The molecule has 4 rings (SSSR count). The van der Waals surface area contributed by atoms with Crippen LogP contribution in [0, 0.1) is 20.8 Å². The van der Waals surface area contributed by atoms with Crippen molar-refractivity contribution in [2.24, 2.45) is 7.05 Å². The van der Waals surface area contributed by atoms with E-state index in [4.69, 9.17) is 9.51 Å². The first kappa shape index (κ1) is 19.8. The first-order valence-electron chi connectivity index (χ1n) is 9.66. The largest absolute Gasteiger partial charge is 0.360 e. The SMILES string of the molecule is Cc1cc(-c2cnn(C)c2)cc([C@H]2CCCN(S(=O)(=O)c3c(C)noc3C)C2)n1. The summed E-state index contributed by atoms with van der Waals surface area (Å²) in [7, 11) is -1.77. The van der Waals surface area contributed by atoms with Crippen molar-refractivity contribution in [3.8, 4) is 11.1 Å². The third-order valence-corrected chi connectivity index (χ3v) is 7.49. The molecule has 8 nitrogen and oxygen atoms in total. The number of piperidine rings is 1. The summed E-state index contributed by atoms with van der Waals surface area (Å²) in [6.45, 7) is 6.15. The third kappa shape index (κ3) is 3.72. The summed E-state index contributed by atoms with van der Waals surface area (Å²) in [6.07, 6.45) is 5.48. The molecule has 0 radical (unpaired) electrons. The molecule has 1 aliphatic rings. The maximum Gasteiger partial charge on any atom is 0.248 e. The maximum absolute atomic E-state index is 13.2. The quantitative estimate of drug-likeness (QED) is 0.650. The van der Waals surface area contributed by atoms with Crippen molar-refractivity contribution in [3.63, 3.8) is 0 Å². The zero-order valence-corrected chi connectivity index (χ0v) is 17.9. The smallest absolute Gasteiger partial charge is 0.248 e. The van der Waals surface area contributed by atoms with Crippen LogP contribution in [0.2, 0.25) is 0 Å². The van der Waals surface area contributed by atoms with Gasteiger partial charge in [-0.25, -0.2) is 8.42 Å². The molecule has 0 unspecified atom stereocenters. The second kappa shape index (κ2) is 7.38. The van der Waals surface area contributed by atoms with Crippen LogP contribution in [0.25, 0.3) is 11.1 Å². The molecule has 0 saturated carbocycles. The number of hydrogen-bond acceptors (Lipinski definition) is 6. The molecule has 29 heavy (non-hydrogen) atoms. The number of aromatic nitrogens is 4. The van der Waals surface area contributed by atoms with Gasteiger partial charge in [-0.15, -0.1) is 0 Å². The van der Waals surface area contributed by atoms with Gasteiger partial charge in [0.05, 0.1) is 6.20 Å². The summed E-state index contributed by atoms with van der Waals surface area (Å²) >= 11 is 0. The Kier molecular flexibility index (Phi) is 5.04. The Morgan fingerprint density at radius 2 is 1.97 bits per heavy atom. The summed E-state index contributed by atoms with van der Waals surface area (Å²) in [5.74, 6) is 0.367. The zero-order valence-electron chi connectivity index (χ0n) is 17.1. The van der Waals surface area contributed by atoms with Gasteiger partial charge in [0.25, 0.3) is 0 Å². The standard InChI is InChI=1S/C20H25N5O3S/c1-13-8-17(18-10-21-24(4)11-18)9-19(22-13)16-6-5-7-25(12-16)29(26,27)20-14(2)23-28-15(20)3/h8-11,16H,5-7,12H2,1-4H3/t16-/m0/s1. The fourth-order valence-corrected chi connectivity index (χ4v) is 5.83. The number of hydrogen-bond donors (Lipinski definition) is 0. The van der Waals surface area contributed by atoms with Crippen molar-refractivity contribution >= 4 is 10.0 Å². The Hall–Kier alpha value is -2.52. The Balaban J connectivity index is 1.65. The highest BCUT2D eigenvalue weighted by molar-refractivity contribution is 7.89. The van der Waals surface area contributed by atoms with Crippen molar-refractivity contribution in [2.45, 2.75) is 44.4 Å². The summed E-state index contributed by atoms with van der Waals surface area (Å²) in [4.78, 5) is 4.91. The van der Waals surface area contributed by atoms with E-state index in [-0.39, 0.29) is 10.8 Å². The summed E-state index contributed by atoms with van der Waals surface area (Å²) < 4.78 is 34.8. The molecule has 3 aromatic heterocycles. The van der Waals surface area contributed by atoms with Crippen LogP contribution >= 0.6 is 0 Å². The molecule has 1 atom stereocenters. The van der Waals surface area contributed by atoms with Crippen molar-refractivity contribution < 1.29 is 12.9 Å². The van der Waals surface area contributed by atoms with E-state index in [0.29, 0.717) is 24.5 Å². The fourth-order valence-electron chi connectivity index (χ4n) is 4.01.